The quantitative estimate of drug-likeness (QED) is 0.262. The topological polar surface area (TPSA) is 132 Å². The van der Waals surface area contributed by atoms with Gasteiger partial charge in [0.05, 0.1) is 31.2 Å². The highest BCUT2D eigenvalue weighted by molar-refractivity contribution is 5.99. The Morgan fingerprint density at radius 2 is 2.05 bits per heavy atom. The molecule has 11 heteroatoms. The van der Waals surface area contributed by atoms with E-state index in [2.05, 4.69) is 16.0 Å². The molecule has 2 saturated heterocycles. The molecule has 6 rings (SSSR count). The maximum Gasteiger partial charge on any atom is 0.264 e. The molecule has 1 amide bonds. The molecule has 4 aromatic rings. The van der Waals surface area contributed by atoms with Gasteiger partial charge in [-0.1, -0.05) is 31.2 Å². The van der Waals surface area contributed by atoms with Crippen molar-refractivity contribution in [3.63, 3.8) is 0 Å². The summed E-state index contributed by atoms with van der Waals surface area (Å²) in [7, 11) is 0. The predicted molar refractivity (Wildman–Crippen MR) is 149 cm³/mol. The Balaban J connectivity index is 1.30. The molecular weight excluding hydrogens is 525 g/mol. The maximum atomic E-state index is 15.5. The Morgan fingerprint density at radius 3 is 2.76 bits per heavy atom. The molecule has 0 spiro atoms. The van der Waals surface area contributed by atoms with Gasteiger partial charge in [0.15, 0.2) is 5.65 Å². The van der Waals surface area contributed by atoms with E-state index in [1.165, 1.54) is 12.4 Å². The molecule has 2 aromatic carbocycles. The van der Waals surface area contributed by atoms with Gasteiger partial charge in [-0.25, -0.2) is 19.0 Å². The number of hydrogen-bond donors (Lipinski definition) is 1. The summed E-state index contributed by atoms with van der Waals surface area (Å²) in [6.07, 6.45) is 4.57. The highest BCUT2D eigenvalue weighted by Crippen LogP contribution is 2.35. The molecule has 0 radical (unpaired) electrons. The fraction of sp³-hybridized carbons (Fsp3) is 0.300. The molecule has 1 atom stereocenters. The minimum Gasteiger partial charge on any atom is -0.457 e. The number of anilines is 1. The number of nitrogens with two attached hydrogens (primary N) is 1. The van der Waals surface area contributed by atoms with E-state index in [1.807, 2.05) is 25.1 Å². The van der Waals surface area contributed by atoms with Crippen molar-refractivity contribution in [3.05, 3.63) is 72.3 Å². The molecule has 2 N–H and O–H groups in total. The Morgan fingerprint density at radius 1 is 1.24 bits per heavy atom. The number of ether oxygens (including phenoxy) is 2. The Hall–Kier alpha value is -4.82. The summed E-state index contributed by atoms with van der Waals surface area (Å²) in [5.74, 6) is 0.254. The number of nitrogen functional groups attached to an aromatic ring is 1. The second-order valence-corrected chi connectivity index (χ2v) is 10.7. The lowest BCUT2D eigenvalue weighted by atomic mass is 9.86. The molecule has 10 nitrogen and oxygen atoms in total. The number of aromatic nitrogens is 4. The lowest BCUT2D eigenvalue weighted by molar-refractivity contribution is -0.128. The van der Waals surface area contributed by atoms with Gasteiger partial charge in [-0.15, -0.1) is 0 Å². The fourth-order valence-corrected chi connectivity index (χ4v) is 5.37. The van der Waals surface area contributed by atoms with Crippen LogP contribution < -0.4 is 10.5 Å². The van der Waals surface area contributed by atoms with Crippen LogP contribution in [0.5, 0.6) is 11.5 Å². The molecule has 208 valence electrons. The number of para-hydroxylation sites is 1. The minimum atomic E-state index is -0.539. The highest BCUT2D eigenvalue weighted by atomic mass is 19.1. The highest BCUT2D eigenvalue weighted by Gasteiger charge is 2.36. The van der Waals surface area contributed by atoms with Gasteiger partial charge in [0.1, 0.15) is 46.8 Å². The number of nitrogens with zero attached hydrogens (tertiary/aromatic N) is 6. The lowest BCUT2D eigenvalue weighted by Gasteiger charge is -2.35. The summed E-state index contributed by atoms with van der Waals surface area (Å²) in [5.41, 5.74) is 6.99. The second kappa shape index (κ2) is 10.6. The third kappa shape index (κ3) is 5.10. The monoisotopic (exact) mass is 553 g/mol. The first-order chi connectivity index (χ1) is 19.8. The zero-order valence-electron chi connectivity index (χ0n) is 22.5. The number of rotatable bonds is 7. The number of fused-ring (bicyclic) bond motifs is 1. The molecule has 2 aliphatic heterocycles. The average Bonchev–Trinajstić information content (AvgIpc) is 3.57. The Bertz CT molecular complexity index is 1690. The third-order valence-corrected chi connectivity index (χ3v) is 7.46. The van der Waals surface area contributed by atoms with Crippen LogP contribution in [0.1, 0.15) is 19.8 Å². The van der Waals surface area contributed by atoms with Crippen molar-refractivity contribution in [2.24, 2.45) is 5.41 Å². The van der Waals surface area contributed by atoms with Crippen LogP contribution >= 0.6 is 0 Å². The lowest BCUT2D eigenvalue weighted by Crippen LogP contribution is -2.41. The van der Waals surface area contributed by atoms with Crippen LogP contribution in [0.4, 0.5) is 10.2 Å². The summed E-state index contributed by atoms with van der Waals surface area (Å²) in [6.45, 7) is 3.75. The molecule has 2 aromatic heterocycles. The van der Waals surface area contributed by atoms with Gasteiger partial charge < -0.3 is 20.1 Å². The summed E-state index contributed by atoms with van der Waals surface area (Å²) in [4.78, 5) is 23.6. The normalized spacial score (nSPS) is 18.2. The first-order valence-corrected chi connectivity index (χ1v) is 13.4. The van der Waals surface area contributed by atoms with E-state index in [4.69, 9.17) is 20.3 Å². The number of halogens is 1. The van der Waals surface area contributed by atoms with Crippen molar-refractivity contribution in [3.8, 4) is 28.8 Å². The predicted octanol–water partition coefficient (Wildman–Crippen LogP) is 4.48. The minimum absolute atomic E-state index is 0.111. The second-order valence-electron chi connectivity index (χ2n) is 10.7. The van der Waals surface area contributed by atoms with Crippen LogP contribution in [0.15, 0.2) is 66.5 Å². The molecule has 0 aliphatic carbocycles. The first-order valence-electron chi connectivity index (χ1n) is 13.4. The molecule has 0 unspecified atom stereocenters. The van der Waals surface area contributed by atoms with Crippen LogP contribution in [-0.4, -0.2) is 56.4 Å². The molecule has 41 heavy (non-hydrogen) atoms. The number of carbonyl (C=O) groups is 1. The van der Waals surface area contributed by atoms with Gasteiger partial charge in [0, 0.05) is 23.6 Å². The van der Waals surface area contributed by atoms with Gasteiger partial charge in [-0.2, -0.15) is 10.4 Å². The van der Waals surface area contributed by atoms with Crippen molar-refractivity contribution < 1.29 is 18.7 Å². The first kappa shape index (κ1) is 26.4. The van der Waals surface area contributed by atoms with Crippen LogP contribution in [0.25, 0.3) is 22.3 Å². The number of likely N-dealkylation sites (tertiary alicyclic amines) is 1. The standard InChI is InChI=1S/C30H28FN7O3/c1-30(16-40-17-30)13-19(14-32)29(39)37-11-5-6-20(37)15-38-28-25(27(33)34-18-35-28)26(36-38)23-10-9-22(12-24(23)31)41-21-7-3-2-4-8-21/h2-4,7-10,12-13,18,20H,5-6,11,15-17H2,1H3,(H2,33,34,35)/b19-13-/t20-/m0/s1. The van der Waals surface area contributed by atoms with Crippen molar-refractivity contribution in [1.29, 1.82) is 5.26 Å². The van der Waals surface area contributed by atoms with Crippen molar-refractivity contribution >= 4 is 22.8 Å². The molecule has 0 bridgehead atoms. The largest absolute Gasteiger partial charge is 0.457 e. The maximum absolute atomic E-state index is 15.5. The summed E-state index contributed by atoms with van der Waals surface area (Å²) in [5, 5.41) is 14.9. The van der Waals surface area contributed by atoms with E-state index in [9.17, 15) is 10.1 Å². The Labute approximate surface area is 235 Å². The summed E-state index contributed by atoms with van der Waals surface area (Å²) in [6, 6.07) is 15.5. The number of benzene rings is 2. The number of nitriles is 1. The SMILES string of the molecule is CC1(/C=C(/C#N)C(=O)N2CCC[C@H]2Cn2nc(-c3ccc(Oc4ccccc4)cc3F)c3c(N)ncnc32)COC1. The zero-order valence-corrected chi connectivity index (χ0v) is 22.5. The van der Waals surface area contributed by atoms with E-state index in [0.717, 1.165) is 12.8 Å². The molecule has 2 aliphatic rings. The third-order valence-electron chi connectivity index (χ3n) is 7.46. The zero-order chi connectivity index (χ0) is 28.6. The van der Waals surface area contributed by atoms with E-state index in [1.54, 1.807) is 39.9 Å². The van der Waals surface area contributed by atoms with Gasteiger partial charge in [0.2, 0.25) is 0 Å². The van der Waals surface area contributed by atoms with Crippen molar-refractivity contribution in [2.75, 3.05) is 25.5 Å². The van der Waals surface area contributed by atoms with Crippen molar-refractivity contribution in [2.45, 2.75) is 32.4 Å². The van der Waals surface area contributed by atoms with Gasteiger partial charge >= 0.3 is 0 Å². The van der Waals surface area contributed by atoms with Gasteiger partial charge in [-0.05, 0) is 37.1 Å². The van der Waals surface area contributed by atoms with Crippen molar-refractivity contribution in [1.82, 2.24) is 24.6 Å². The molecule has 4 heterocycles. The average molecular weight is 554 g/mol. The molecular formula is C30H28FN7O3. The van der Waals surface area contributed by atoms with Gasteiger partial charge in [0.25, 0.3) is 5.91 Å². The van der Waals surface area contributed by atoms with Crippen LogP contribution in [0.2, 0.25) is 0 Å². The number of hydrogen-bond acceptors (Lipinski definition) is 8. The van der Waals surface area contributed by atoms with Crippen LogP contribution in [-0.2, 0) is 16.1 Å². The number of amides is 1. The summed E-state index contributed by atoms with van der Waals surface area (Å²) >= 11 is 0. The van der Waals surface area contributed by atoms with Crippen LogP contribution in [0, 0.1) is 22.6 Å². The summed E-state index contributed by atoms with van der Waals surface area (Å²) < 4.78 is 28.2. The number of carbonyl (C=O) groups excluding carboxylic acids is 1. The fourth-order valence-electron chi connectivity index (χ4n) is 5.37. The van der Waals surface area contributed by atoms with E-state index in [-0.39, 0.29) is 34.3 Å². The Kier molecular flexibility index (Phi) is 6.85. The van der Waals surface area contributed by atoms with E-state index >= 15 is 4.39 Å². The van der Waals surface area contributed by atoms with Gasteiger partial charge in [-0.3, -0.25) is 4.79 Å². The molecule has 2 fully saturated rings. The van der Waals surface area contributed by atoms with E-state index < -0.39 is 5.82 Å². The molecule has 0 saturated carbocycles. The van der Waals surface area contributed by atoms with E-state index in [0.29, 0.717) is 54.5 Å². The van der Waals surface area contributed by atoms with Crippen LogP contribution in [0.3, 0.4) is 0 Å². The smallest absolute Gasteiger partial charge is 0.264 e.